The molecule has 0 radical (unpaired) electrons. The molecule has 1 saturated heterocycles. The van der Waals surface area contributed by atoms with Crippen LogP contribution in [0.5, 0.6) is 5.75 Å². The van der Waals surface area contributed by atoms with E-state index >= 15 is 0 Å². The van der Waals surface area contributed by atoms with Crippen molar-refractivity contribution in [3.63, 3.8) is 0 Å². The first-order chi connectivity index (χ1) is 10.6. The Hall–Kier alpha value is -1.55. The summed E-state index contributed by atoms with van der Waals surface area (Å²) in [7, 11) is 1.69. The summed E-state index contributed by atoms with van der Waals surface area (Å²) in [6, 6.07) is 8.28. The van der Waals surface area contributed by atoms with Gasteiger partial charge in [0, 0.05) is 13.1 Å². The van der Waals surface area contributed by atoms with Gasteiger partial charge in [-0.1, -0.05) is 12.1 Å². The molecule has 1 atom stereocenters. The van der Waals surface area contributed by atoms with Crippen molar-refractivity contribution in [2.24, 2.45) is 11.7 Å². The van der Waals surface area contributed by atoms with Gasteiger partial charge in [-0.25, -0.2) is 0 Å². The molecule has 1 heterocycles. The molecule has 4 nitrogen and oxygen atoms in total. The number of carbonyl (C=O) groups is 1. The predicted molar refractivity (Wildman–Crippen MR) is 86.8 cm³/mol. The van der Waals surface area contributed by atoms with Gasteiger partial charge in [0.15, 0.2) is 0 Å². The molecule has 2 aliphatic rings. The minimum atomic E-state index is -0.516. The van der Waals surface area contributed by atoms with Crippen molar-refractivity contribution in [1.29, 1.82) is 0 Å². The summed E-state index contributed by atoms with van der Waals surface area (Å²) in [5.41, 5.74) is 6.87. The topological polar surface area (TPSA) is 55.6 Å². The first kappa shape index (κ1) is 15.3. The van der Waals surface area contributed by atoms with Crippen LogP contribution in [-0.2, 0) is 11.2 Å². The quantitative estimate of drug-likeness (QED) is 0.908. The van der Waals surface area contributed by atoms with Crippen LogP contribution in [0.2, 0.25) is 0 Å². The Morgan fingerprint density at radius 1 is 1.36 bits per heavy atom. The maximum Gasteiger partial charge on any atom is 0.242 e. The third-order valence-electron chi connectivity index (χ3n) is 5.02. The van der Waals surface area contributed by atoms with Crippen LogP contribution in [0.25, 0.3) is 0 Å². The first-order valence-electron chi connectivity index (χ1n) is 8.32. The molecule has 3 rings (SSSR count). The van der Waals surface area contributed by atoms with Crippen molar-refractivity contribution in [2.45, 2.75) is 44.1 Å². The monoisotopic (exact) mass is 302 g/mol. The molecule has 0 aromatic heterocycles. The van der Waals surface area contributed by atoms with Gasteiger partial charge in [-0.05, 0) is 62.1 Å². The zero-order valence-electron chi connectivity index (χ0n) is 13.4. The summed E-state index contributed by atoms with van der Waals surface area (Å²) >= 11 is 0. The van der Waals surface area contributed by atoms with E-state index < -0.39 is 5.54 Å². The van der Waals surface area contributed by atoms with Crippen molar-refractivity contribution in [3.05, 3.63) is 29.8 Å². The lowest BCUT2D eigenvalue weighted by Gasteiger charge is -2.34. The van der Waals surface area contributed by atoms with E-state index in [0.717, 1.165) is 50.9 Å². The van der Waals surface area contributed by atoms with Crippen LogP contribution in [0, 0.1) is 5.92 Å². The Labute approximate surface area is 132 Å². The van der Waals surface area contributed by atoms with Gasteiger partial charge in [0.25, 0.3) is 0 Å². The van der Waals surface area contributed by atoms with E-state index in [2.05, 4.69) is 12.1 Å². The third kappa shape index (κ3) is 3.43. The van der Waals surface area contributed by atoms with Crippen molar-refractivity contribution < 1.29 is 9.53 Å². The Bertz CT molecular complexity index is 522. The van der Waals surface area contributed by atoms with E-state index in [1.807, 2.05) is 17.0 Å². The zero-order valence-corrected chi connectivity index (χ0v) is 13.4. The standard InChI is InChI=1S/C18H26N2O2/c1-22-16-8-6-14(7-9-16)4-5-15-3-2-12-20(13-15)17(21)18(19)10-11-18/h6-9,15H,2-5,10-13,19H2,1H3/t15-/m1/s1. The Morgan fingerprint density at radius 3 is 2.73 bits per heavy atom. The first-order valence-corrected chi connectivity index (χ1v) is 8.32. The summed E-state index contributed by atoms with van der Waals surface area (Å²) in [6.45, 7) is 1.77. The van der Waals surface area contributed by atoms with E-state index in [9.17, 15) is 4.79 Å². The van der Waals surface area contributed by atoms with Crippen molar-refractivity contribution in [1.82, 2.24) is 4.90 Å². The van der Waals surface area contributed by atoms with Crippen molar-refractivity contribution in [2.75, 3.05) is 20.2 Å². The second-order valence-corrected chi connectivity index (χ2v) is 6.80. The molecule has 2 N–H and O–H groups in total. The smallest absolute Gasteiger partial charge is 0.242 e. The summed E-state index contributed by atoms with van der Waals surface area (Å²) in [4.78, 5) is 14.4. The number of benzene rings is 1. The van der Waals surface area contributed by atoms with Crippen LogP contribution in [-0.4, -0.2) is 36.5 Å². The molecule has 0 spiro atoms. The Balaban J connectivity index is 1.50. The molecular weight excluding hydrogens is 276 g/mol. The number of hydrogen-bond acceptors (Lipinski definition) is 3. The lowest BCUT2D eigenvalue weighted by atomic mass is 9.91. The maximum absolute atomic E-state index is 12.4. The number of likely N-dealkylation sites (tertiary alicyclic amines) is 1. The second kappa shape index (κ2) is 6.29. The van der Waals surface area contributed by atoms with Crippen LogP contribution in [0.1, 0.15) is 37.7 Å². The summed E-state index contributed by atoms with van der Waals surface area (Å²) in [6.07, 6.45) is 6.24. The molecule has 120 valence electrons. The number of nitrogens with zero attached hydrogens (tertiary/aromatic N) is 1. The highest BCUT2D eigenvalue weighted by atomic mass is 16.5. The summed E-state index contributed by atoms with van der Waals surface area (Å²) < 4.78 is 5.19. The fourth-order valence-corrected chi connectivity index (χ4v) is 3.31. The minimum Gasteiger partial charge on any atom is -0.497 e. The highest BCUT2D eigenvalue weighted by Crippen LogP contribution is 2.35. The van der Waals surface area contributed by atoms with Gasteiger partial charge in [0.2, 0.25) is 5.91 Å². The number of carbonyl (C=O) groups excluding carboxylic acids is 1. The van der Waals surface area contributed by atoms with Gasteiger partial charge in [0.1, 0.15) is 5.75 Å². The predicted octanol–water partition coefficient (Wildman–Crippen LogP) is 2.36. The normalized spacial score (nSPS) is 23.2. The van der Waals surface area contributed by atoms with Gasteiger partial charge in [-0.2, -0.15) is 0 Å². The second-order valence-electron chi connectivity index (χ2n) is 6.80. The zero-order chi connectivity index (χ0) is 15.6. The number of nitrogens with two attached hydrogens (primary N) is 1. The number of hydrogen-bond donors (Lipinski definition) is 1. The lowest BCUT2D eigenvalue weighted by Crippen LogP contribution is -2.49. The highest BCUT2D eigenvalue weighted by molar-refractivity contribution is 5.89. The number of ether oxygens (including phenoxy) is 1. The lowest BCUT2D eigenvalue weighted by molar-refractivity contribution is -0.135. The number of methoxy groups -OCH3 is 1. The minimum absolute atomic E-state index is 0.182. The van der Waals surface area contributed by atoms with Crippen LogP contribution >= 0.6 is 0 Å². The van der Waals surface area contributed by atoms with Crippen LogP contribution in [0.4, 0.5) is 0 Å². The van der Waals surface area contributed by atoms with Crippen LogP contribution in [0.15, 0.2) is 24.3 Å². The fraction of sp³-hybridized carbons (Fsp3) is 0.611. The molecule has 2 fully saturated rings. The van der Waals surface area contributed by atoms with Crippen LogP contribution < -0.4 is 10.5 Å². The molecule has 0 unspecified atom stereocenters. The molecule has 1 saturated carbocycles. The molecule has 4 heteroatoms. The van der Waals surface area contributed by atoms with Gasteiger partial charge < -0.3 is 15.4 Å². The van der Waals surface area contributed by atoms with Gasteiger partial charge in [-0.3, -0.25) is 4.79 Å². The fourth-order valence-electron chi connectivity index (χ4n) is 3.31. The Kier molecular flexibility index (Phi) is 4.39. The molecule has 0 bridgehead atoms. The number of piperidine rings is 1. The van der Waals surface area contributed by atoms with Gasteiger partial charge in [-0.15, -0.1) is 0 Å². The Morgan fingerprint density at radius 2 is 2.09 bits per heavy atom. The third-order valence-corrected chi connectivity index (χ3v) is 5.02. The molecule has 1 aliphatic carbocycles. The molecule has 1 aromatic carbocycles. The SMILES string of the molecule is COc1ccc(CC[C@H]2CCCN(C(=O)C3(N)CC3)C2)cc1. The van der Waals surface area contributed by atoms with Gasteiger partial charge in [0.05, 0.1) is 12.6 Å². The van der Waals surface area contributed by atoms with E-state index in [1.165, 1.54) is 12.0 Å². The molecule has 22 heavy (non-hydrogen) atoms. The maximum atomic E-state index is 12.4. The highest BCUT2D eigenvalue weighted by Gasteiger charge is 2.48. The van der Waals surface area contributed by atoms with Crippen molar-refractivity contribution >= 4 is 5.91 Å². The van der Waals surface area contributed by atoms with E-state index in [4.69, 9.17) is 10.5 Å². The van der Waals surface area contributed by atoms with E-state index in [0.29, 0.717) is 5.92 Å². The molecule has 1 aromatic rings. The van der Waals surface area contributed by atoms with Crippen molar-refractivity contribution in [3.8, 4) is 5.75 Å². The molecular formula is C18H26N2O2. The summed E-state index contributed by atoms with van der Waals surface area (Å²) in [5.74, 6) is 1.68. The number of amides is 1. The van der Waals surface area contributed by atoms with Crippen LogP contribution in [0.3, 0.4) is 0 Å². The summed E-state index contributed by atoms with van der Waals surface area (Å²) in [5, 5.41) is 0. The average Bonchev–Trinajstić information content (AvgIpc) is 3.32. The molecule has 1 aliphatic heterocycles. The van der Waals surface area contributed by atoms with Gasteiger partial charge >= 0.3 is 0 Å². The largest absolute Gasteiger partial charge is 0.497 e. The molecule has 1 amide bonds. The van der Waals surface area contributed by atoms with E-state index in [-0.39, 0.29) is 5.91 Å². The van der Waals surface area contributed by atoms with E-state index in [1.54, 1.807) is 7.11 Å². The number of aryl methyl sites for hydroxylation is 1. The average molecular weight is 302 g/mol. The number of rotatable bonds is 5.